The number of carbonyl (C=O) groups excluding carboxylic acids is 1. The number of nitrogens with one attached hydrogen (secondary N) is 1. The monoisotopic (exact) mass is 206 g/mol. The number of carbonyl (C=O) groups is 1. The van der Waals surface area contributed by atoms with Gasteiger partial charge in [-0.05, 0) is 13.0 Å². The number of pyridine rings is 1. The minimum atomic E-state index is -0.492. The molecule has 0 bridgehead atoms. The van der Waals surface area contributed by atoms with Gasteiger partial charge in [0.15, 0.2) is 5.65 Å². The van der Waals surface area contributed by atoms with E-state index in [9.17, 15) is 4.79 Å². The van der Waals surface area contributed by atoms with E-state index in [1.54, 1.807) is 13.0 Å². The molecular formula is C9H10N4O2. The topological polar surface area (TPSA) is 93.9 Å². The van der Waals surface area contributed by atoms with Crippen molar-refractivity contribution in [2.45, 2.75) is 6.92 Å². The highest BCUT2D eigenvalue weighted by atomic mass is 16.5. The fraction of sp³-hybridized carbons (Fsp3) is 0.222. The maximum absolute atomic E-state index is 11.3. The largest absolute Gasteiger partial charge is 0.460 e. The molecule has 6 heteroatoms. The van der Waals surface area contributed by atoms with Crippen molar-refractivity contribution in [1.29, 1.82) is 0 Å². The zero-order chi connectivity index (χ0) is 10.8. The van der Waals surface area contributed by atoms with Crippen molar-refractivity contribution in [2.75, 3.05) is 12.3 Å². The predicted molar refractivity (Wildman–Crippen MR) is 54.3 cm³/mol. The van der Waals surface area contributed by atoms with E-state index in [0.717, 1.165) is 0 Å². The fourth-order valence-corrected chi connectivity index (χ4v) is 1.21. The van der Waals surface area contributed by atoms with Crippen molar-refractivity contribution < 1.29 is 9.53 Å². The van der Waals surface area contributed by atoms with Gasteiger partial charge in [0.1, 0.15) is 0 Å². The molecule has 0 aromatic carbocycles. The molecule has 0 atom stereocenters. The molecule has 0 radical (unpaired) electrons. The van der Waals surface area contributed by atoms with E-state index in [0.29, 0.717) is 23.5 Å². The van der Waals surface area contributed by atoms with E-state index in [4.69, 9.17) is 10.5 Å². The van der Waals surface area contributed by atoms with Gasteiger partial charge >= 0.3 is 5.97 Å². The lowest BCUT2D eigenvalue weighted by Crippen LogP contribution is -2.06. The molecule has 15 heavy (non-hydrogen) atoms. The van der Waals surface area contributed by atoms with Gasteiger partial charge in [-0.15, -0.1) is 0 Å². The summed E-state index contributed by atoms with van der Waals surface area (Å²) in [6, 6.07) is 1.66. The van der Waals surface area contributed by atoms with Crippen molar-refractivity contribution in [3.63, 3.8) is 0 Å². The Morgan fingerprint density at radius 2 is 2.47 bits per heavy atom. The number of aromatic nitrogens is 3. The van der Waals surface area contributed by atoms with E-state index in [-0.39, 0.29) is 5.82 Å². The van der Waals surface area contributed by atoms with Gasteiger partial charge in [-0.2, -0.15) is 0 Å². The highest BCUT2D eigenvalue weighted by Gasteiger charge is 2.12. The van der Waals surface area contributed by atoms with Gasteiger partial charge in [-0.25, -0.2) is 14.8 Å². The van der Waals surface area contributed by atoms with Gasteiger partial charge in [0.05, 0.1) is 24.0 Å². The SMILES string of the molecule is CCOC(=O)c1nc2ncc(N)cc2[nH]1. The molecule has 0 aliphatic heterocycles. The Bertz CT molecular complexity index is 506. The van der Waals surface area contributed by atoms with Crippen LogP contribution in [0.3, 0.4) is 0 Å². The molecule has 2 rings (SSSR count). The van der Waals surface area contributed by atoms with Crippen molar-refractivity contribution in [2.24, 2.45) is 0 Å². The number of H-pyrrole nitrogens is 1. The molecule has 0 saturated carbocycles. The quantitative estimate of drug-likeness (QED) is 0.706. The van der Waals surface area contributed by atoms with E-state index in [1.807, 2.05) is 0 Å². The van der Waals surface area contributed by atoms with Crippen LogP contribution in [-0.4, -0.2) is 27.5 Å². The second kappa shape index (κ2) is 3.56. The van der Waals surface area contributed by atoms with Crippen LogP contribution in [0.15, 0.2) is 12.3 Å². The first-order valence-electron chi connectivity index (χ1n) is 4.49. The summed E-state index contributed by atoms with van der Waals surface area (Å²) in [5, 5.41) is 0. The summed E-state index contributed by atoms with van der Waals surface area (Å²) in [5.74, 6) is -0.348. The molecule has 0 fully saturated rings. The summed E-state index contributed by atoms with van der Waals surface area (Å²) < 4.78 is 4.80. The molecule has 2 aromatic rings. The zero-order valence-electron chi connectivity index (χ0n) is 8.15. The Hall–Kier alpha value is -2.11. The molecule has 0 aliphatic rings. The van der Waals surface area contributed by atoms with Gasteiger partial charge in [-0.1, -0.05) is 0 Å². The van der Waals surface area contributed by atoms with Crippen molar-refractivity contribution in [3.05, 3.63) is 18.1 Å². The number of hydrogen-bond acceptors (Lipinski definition) is 5. The highest BCUT2D eigenvalue weighted by Crippen LogP contribution is 2.12. The van der Waals surface area contributed by atoms with Crippen molar-refractivity contribution >= 4 is 22.8 Å². The van der Waals surface area contributed by atoms with Crippen molar-refractivity contribution in [1.82, 2.24) is 15.0 Å². The average Bonchev–Trinajstić information content (AvgIpc) is 2.60. The number of nitrogens with zero attached hydrogens (tertiary/aromatic N) is 2. The standard InChI is InChI=1S/C9H10N4O2/c1-2-15-9(14)8-12-6-3-5(10)4-11-7(6)13-8/h3-4H,2,10H2,1H3,(H,11,12,13). The van der Waals surface area contributed by atoms with Gasteiger partial charge in [-0.3, -0.25) is 0 Å². The first-order valence-corrected chi connectivity index (χ1v) is 4.49. The van der Waals surface area contributed by atoms with Gasteiger partial charge in [0.2, 0.25) is 5.82 Å². The zero-order valence-corrected chi connectivity index (χ0v) is 8.15. The summed E-state index contributed by atoms with van der Waals surface area (Å²) in [4.78, 5) is 22.1. The van der Waals surface area contributed by atoms with Crippen molar-refractivity contribution in [3.8, 4) is 0 Å². The molecular weight excluding hydrogens is 196 g/mol. The van der Waals surface area contributed by atoms with Crippen LogP contribution in [0.25, 0.3) is 11.2 Å². The molecule has 0 amide bonds. The lowest BCUT2D eigenvalue weighted by molar-refractivity contribution is 0.0513. The summed E-state index contributed by atoms with van der Waals surface area (Å²) in [6.45, 7) is 2.04. The second-order valence-electron chi connectivity index (χ2n) is 2.95. The summed E-state index contributed by atoms with van der Waals surface area (Å²) >= 11 is 0. The normalized spacial score (nSPS) is 10.5. The number of nitrogen functional groups attached to an aromatic ring is 1. The Balaban J connectivity index is 2.42. The maximum atomic E-state index is 11.3. The lowest BCUT2D eigenvalue weighted by Gasteiger charge is -1.95. The van der Waals surface area contributed by atoms with Crippen LogP contribution in [0.2, 0.25) is 0 Å². The molecule has 2 heterocycles. The van der Waals surface area contributed by atoms with E-state index >= 15 is 0 Å². The Kier molecular flexibility index (Phi) is 2.24. The maximum Gasteiger partial charge on any atom is 0.374 e. The molecule has 0 spiro atoms. The minimum absolute atomic E-state index is 0.143. The predicted octanol–water partition coefficient (Wildman–Crippen LogP) is 0.717. The molecule has 0 unspecified atom stereocenters. The third kappa shape index (κ3) is 1.74. The van der Waals surface area contributed by atoms with Crippen LogP contribution < -0.4 is 5.73 Å². The Morgan fingerprint density at radius 1 is 1.67 bits per heavy atom. The van der Waals surface area contributed by atoms with Gasteiger partial charge in [0.25, 0.3) is 0 Å². The first-order chi connectivity index (χ1) is 7.20. The number of rotatable bonds is 2. The van der Waals surface area contributed by atoms with Crippen LogP contribution in [0, 0.1) is 0 Å². The third-order valence-corrected chi connectivity index (χ3v) is 1.83. The average molecular weight is 206 g/mol. The summed E-state index contributed by atoms with van der Waals surface area (Å²) in [5.41, 5.74) is 7.13. The first kappa shape index (κ1) is 9.45. The summed E-state index contributed by atoms with van der Waals surface area (Å²) in [6.07, 6.45) is 1.48. The number of fused-ring (bicyclic) bond motifs is 1. The lowest BCUT2D eigenvalue weighted by atomic mass is 10.4. The minimum Gasteiger partial charge on any atom is -0.460 e. The second-order valence-corrected chi connectivity index (χ2v) is 2.95. The third-order valence-electron chi connectivity index (χ3n) is 1.83. The molecule has 2 aromatic heterocycles. The van der Waals surface area contributed by atoms with Crippen LogP contribution >= 0.6 is 0 Å². The van der Waals surface area contributed by atoms with Gasteiger partial charge in [0, 0.05) is 0 Å². The molecule has 6 nitrogen and oxygen atoms in total. The Labute approximate surface area is 85.5 Å². The van der Waals surface area contributed by atoms with E-state index in [2.05, 4.69) is 15.0 Å². The number of hydrogen-bond donors (Lipinski definition) is 2. The number of anilines is 1. The molecule has 78 valence electrons. The number of ether oxygens (including phenoxy) is 1. The van der Waals surface area contributed by atoms with E-state index < -0.39 is 5.97 Å². The van der Waals surface area contributed by atoms with Crippen LogP contribution in [-0.2, 0) is 4.74 Å². The highest BCUT2D eigenvalue weighted by molar-refractivity contribution is 5.89. The fourth-order valence-electron chi connectivity index (χ4n) is 1.21. The number of esters is 1. The number of aromatic amines is 1. The molecule has 0 saturated heterocycles. The van der Waals surface area contributed by atoms with Crippen LogP contribution in [0.1, 0.15) is 17.5 Å². The van der Waals surface area contributed by atoms with E-state index in [1.165, 1.54) is 6.20 Å². The number of imidazole rings is 1. The smallest absolute Gasteiger partial charge is 0.374 e. The Morgan fingerprint density at radius 3 is 3.20 bits per heavy atom. The van der Waals surface area contributed by atoms with Crippen LogP contribution in [0.4, 0.5) is 5.69 Å². The van der Waals surface area contributed by atoms with Gasteiger partial charge < -0.3 is 15.5 Å². The molecule has 3 N–H and O–H groups in total. The van der Waals surface area contributed by atoms with Crippen LogP contribution in [0.5, 0.6) is 0 Å². The molecule has 0 aliphatic carbocycles. The summed E-state index contributed by atoms with van der Waals surface area (Å²) in [7, 11) is 0. The number of nitrogens with two attached hydrogens (primary N) is 1.